The zero-order valence-electron chi connectivity index (χ0n) is 5.43. The Bertz CT molecular complexity index is 234. The van der Waals surface area contributed by atoms with E-state index in [0.717, 1.165) is 5.82 Å². The second-order valence-electron chi connectivity index (χ2n) is 2.04. The molecule has 9 heavy (non-hydrogen) atoms. The second-order valence-corrected chi connectivity index (χ2v) is 2.04. The maximum atomic E-state index is 10.5. The molecule has 1 heterocycles. The van der Waals surface area contributed by atoms with Crippen molar-refractivity contribution >= 4 is 5.82 Å². The molecule has 1 rings (SSSR count). The first-order valence-corrected chi connectivity index (χ1v) is 2.65. The number of aromatic amines is 2. The third kappa shape index (κ3) is 1.13. The molecule has 0 aliphatic rings. The summed E-state index contributed by atoms with van der Waals surface area (Å²) in [5.74, 6) is 0.792. The van der Waals surface area contributed by atoms with Crippen LogP contribution in [0.4, 0.5) is 5.82 Å². The smallest absolute Gasteiger partial charge is 0.266 e. The van der Waals surface area contributed by atoms with Crippen molar-refractivity contribution in [2.24, 2.45) is 0 Å². The highest BCUT2D eigenvalue weighted by Gasteiger charge is 1.94. The monoisotopic (exact) mass is 127 g/mol. The highest BCUT2D eigenvalue weighted by atomic mass is 16.1. The minimum atomic E-state index is -0.0984. The van der Waals surface area contributed by atoms with Gasteiger partial charge in [-0.1, -0.05) is 0 Å². The summed E-state index contributed by atoms with van der Waals surface area (Å²) in [6.07, 6.45) is 0. The summed E-state index contributed by atoms with van der Waals surface area (Å²) in [6.45, 7) is 0. The number of rotatable bonds is 1. The number of nitrogens with one attached hydrogen (secondary N) is 2. The molecule has 0 saturated carbocycles. The number of nitrogens with zero attached hydrogens (tertiary/aromatic N) is 1. The molecule has 0 spiro atoms. The van der Waals surface area contributed by atoms with Crippen molar-refractivity contribution in [2.75, 3.05) is 19.0 Å². The van der Waals surface area contributed by atoms with E-state index in [1.54, 1.807) is 0 Å². The van der Waals surface area contributed by atoms with E-state index in [2.05, 4.69) is 10.2 Å². The van der Waals surface area contributed by atoms with E-state index in [1.807, 2.05) is 19.0 Å². The quantitative estimate of drug-likeness (QED) is 0.547. The van der Waals surface area contributed by atoms with Crippen molar-refractivity contribution in [2.45, 2.75) is 0 Å². The maximum absolute atomic E-state index is 10.5. The number of anilines is 1. The Kier molecular flexibility index (Phi) is 1.30. The van der Waals surface area contributed by atoms with E-state index in [4.69, 9.17) is 0 Å². The van der Waals surface area contributed by atoms with Crippen LogP contribution < -0.4 is 10.5 Å². The Hall–Kier alpha value is -1.19. The molecule has 2 N–H and O–H groups in total. The molecule has 0 radical (unpaired) electrons. The van der Waals surface area contributed by atoms with Crippen LogP contribution in [0.1, 0.15) is 0 Å². The first-order valence-electron chi connectivity index (χ1n) is 2.65. The molecule has 0 saturated heterocycles. The highest BCUT2D eigenvalue weighted by Crippen LogP contribution is 1.97. The summed E-state index contributed by atoms with van der Waals surface area (Å²) in [6, 6.07) is 1.50. The van der Waals surface area contributed by atoms with Gasteiger partial charge in [-0.25, -0.2) is 0 Å². The lowest BCUT2D eigenvalue weighted by molar-refractivity contribution is 0.999. The molecule has 4 heteroatoms. The Morgan fingerprint density at radius 2 is 2.11 bits per heavy atom. The summed E-state index contributed by atoms with van der Waals surface area (Å²) in [4.78, 5) is 12.3. The molecule has 0 fully saturated rings. The number of H-pyrrole nitrogens is 2. The van der Waals surface area contributed by atoms with Crippen molar-refractivity contribution in [3.05, 3.63) is 16.4 Å². The van der Waals surface area contributed by atoms with Crippen molar-refractivity contribution in [3.63, 3.8) is 0 Å². The first-order chi connectivity index (χ1) is 4.20. The van der Waals surface area contributed by atoms with Gasteiger partial charge in [0, 0.05) is 20.2 Å². The van der Waals surface area contributed by atoms with Gasteiger partial charge in [-0.05, 0) is 0 Å². The SMILES string of the molecule is CN(C)c1cc(=O)[nH][nH]1. The molecular weight excluding hydrogens is 118 g/mol. The zero-order valence-corrected chi connectivity index (χ0v) is 5.43. The molecular formula is C5H9N3O. The molecule has 0 amide bonds. The van der Waals surface area contributed by atoms with Gasteiger partial charge in [-0.15, -0.1) is 0 Å². The van der Waals surface area contributed by atoms with E-state index in [-0.39, 0.29) is 5.56 Å². The molecule has 50 valence electrons. The third-order valence-corrected chi connectivity index (χ3v) is 1.06. The van der Waals surface area contributed by atoms with Crippen LogP contribution in [0.2, 0.25) is 0 Å². The van der Waals surface area contributed by atoms with Gasteiger partial charge in [0.25, 0.3) is 5.56 Å². The van der Waals surface area contributed by atoms with Gasteiger partial charge in [-0.2, -0.15) is 0 Å². The highest BCUT2D eigenvalue weighted by molar-refractivity contribution is 5.33. The number of hydrogen-bond donors (Lipinski definition) is 2. The van der Waals surface area contributed by atoms with Crippen LogP contribution in [-0.2, 0) is 0 Å². The Balaban J connectivity index is 2.98. The summed E-state index contributed by atoms with van der Waals surface area (Å²) in [5, 5.41) is 5.12. The van der Waals surface area contributed by atoms with Gasteiger partial charge in [0.2, 0.25) is 0 Å². The largest absolute Gasteiger partial charge is 0.363 e. The van der Waals surface area contributed by atoms with Crippen molar-refractivity contribution in [3.8, 4) is 0 Å². The zero-order chi connectivity index (χ0) is 6.85. The van der Waals surface area contributed by atoms with Gasteiger partial charge >= 0.3 is 0 Å². The van der Waals surface area contributed by atoms with Gasteiger partial charge < -0.3 is 4.90 Å². The second kappa shape index (κ2) is 1.97. The topological polar surface area (TPSA) is 51.9 Å². The Labute approximate surface area is 52.5 Å². The lowest BCUT2D eigenvalue weighted by Crippen LogP contribution is -2.08. The summed E-state index contributed by atoms with van der Waals surface area (Å²) in [7, 11) is 3.72. The summed E-state index contributed by atoms with van der Waals surface area (Å²) in [5.41, 5.74) is -0.0984. The maximum Gasteiger partial charge on any atom is 0.266 e. The molecule has 0 aromatic carbocycles. The fourth-order valence-corrected chi connectivity index (χ4v) is 0.563. The molecule has 0 bridgehead atoms. The average molecular weight is 127 g/mol. The van der Waals surface area contributed by atoms with Crippen LogP contribution in [0, 0.1) is 0 Å². The van der Waals surface area contributed by atoms with Crippen LogP contribution >= 0.6 is 0 Å². The lowest BCUT2D eigenvalue weighted by Gasteiger charge is -2.06. The van der Waals surface area contributed by atoms with Gasteiger partial charge in [0.05, 0.1) is 0 Å². The van der Waals surface area contributed by atoms with E-state index in [1.165, 1.54) is 6.07 Å². The summed E-state index contributed by atoms with van der Waals surface area (Å²) >= 11 is 0. The fraction of sp³-hybridized carbons (Fsp3) is 0.400. The molecule has 0 atom stereocenters. The first kappa shape index (κ1) is 5.94. The fourth-order valence-electron chi connectivity index (χ4n) is 0.563. The molecule has 1 aromatic heterocycles. The van der Waals surface area contributed by atoms with Gasteiger partial charge in [0.15, 0.2) is 0 Å². The van der Waals surface area contributed by atoms with E-state index < -0.39 is 0 Å². The molecule has 0 unspecified atom stereocenters. The Morgan fingerprint density at radius 1 is 1.44 bits per heavy atom. The molecule has 4 nitrogen and oxygen atoms in total. The average Bonchev–Trinajstić information content (AvgIpc) is 2.14. The van der Waals surface area contributed by atoms with Crippen LogP contribution in [-0.4, -0.2) is 24.3 Å². The van der Waals surface area contributed by atoms with Crippen LogP contribution in [0.25, 0.3) is 0 Å². The van der Waals surface area contributed by atoms with Crippen LogP contribution in [0.15, 0.2) is 10.9 Å². The number of hydrogen-bond acceptors (Lipinski definition) is 2. The van der Waals surface area contributed by atoms with Crippen molar-refractivity contribution in [1.82, 2.24) is 10.2 Å². The third-order valence-electron chi connectivity index (χ3n) is 1.06. The van der Waals surface area contributed by atoms with Gasteiger partial charge in [0.1, 0.15) is 5.82 Å². The molecule has 0 aliphatic heterocycles. The normalized spacial score (nSPS) is 9.56. The van der Waals surface area contributed by atoms with Crippen molar-refractivity contribution in [1.29, 1.82) is 0 Å². The van der Waals surface area contributed by atoms with E-state index in [0.29, 0.717) is 0 Å². The van der Waals surface area contributed by atoms with Crippen LogP contribution in [0.3, 0.4) is 0 Å². The van der Waals surface area contributed by atoms with E-state index >= 15 is 0 Å². The standard InChI is InChI=1S/C5H9N3O/c1-8(2)4-3-5(9)7-6-4/h3H,1-2H3,(H2,6,7,9). The minimum Gasteiger partial charge on any atom is -0.363 e. The molecule has 0 aliphatic carbocycles. The van der Waals surface area contributed by atoms with Crippen LogP contribution in [0.5, 0.6) is 0 Å². The van der Waals surface area contributed by atoms with Gasteiger partial charge in [-0.3, -0.25) is 15.0 Å². The van der Waals surface area contributed by atoms with E-state index in [9.17, 15) is 4.79 Å². The molecule has 1 aromatic rings. The summed E-state index contributed by atoms with van der Waals surface area (Å²) < 4.78 is 0. The predicted octanol–water partition coefficient (Wildman–Crippen LogP) is -0.231. The van der Waals surface area contributed by atoms with Crippen molar-refractivity contribution < 1.29 is 0 Å². The Morgan fingerprint density at radius 3 is 2.33 bits per heavy atom. The number of aromatic nitrogens is 2. The lowest BCUT2D eigenvalue weighted by atomic mass is 10.6. The predicted molar refractivity (Wildman–Crippen MR) is 35.7 cm³/mol. The minimum absolute atomic E-state index is 0.0984.